The third kappa shape index (κ3) is 4.14. The zero-order valence-electron chi connectivity index (χ0n) is 16.7. The first-order valence-corrected chi connectivity index (χ1v) is 9.79. The SMILES string of the molecule is COc1ccc2[nH]c(C(=O)N3CCN(Cc4ccc(C(=O)NO)cc4)CC3)cc2c1. The number of ether oxygens (including phenoxy) is 1. The van der Waals surface area contributed by atoms with E-state index in [4.69, 9.17) is 9.94 Å². The van der Waals surface area contributed by atoms with Gasteiger partial charge in [-0.05, 0) is 42.0 Å². The fourth-order valence-electron chi connectivity index (χ4n) is 3.72. The first-order valence-electron chi connectivity index (χ1n) is 9.79. The molecule has 0 saturated carbocycles. The van der Waals surface area contributed by atoms with Crippen molar-refractivity contribution in [1.82, 2.24) is 20.3 Å². The molecular weight excluding hydrogens is 384 g/mol. The lowest BCUT2D eigenvalue weighted by atomic mass is 10.1. The Morgan fingerprint density at radius 2 is 1.80 bits per heavy atom. The van der Waals surface area contributed by atoms with Gasteiger partial charge in [0, 0.05) is 49.2 Å². The zero-order valence-corrected chi connectivity index (χ0v) is 16.7. The number of amides is 2. The third-order valence-electron chi connectivity index (χ3n) is 5.44. The van der Waals surface area contributed by atoms with Crippen LogP contribution in [0.25, 0.3) is 10.9 Å². The van der Waals surface area contributed by atoms with Crippen molar-refractivity contribution in [3.8, 4) is 5.75 Å². The highest BCUT2D eigenvalue weighted by Gasteiger charge is 2.23. The Labute approximate surface area is 174 Å². The van der Waals surface area contributed by atoms with E-state index in [1.807, 2.05) is 41.3 Å². The average molecular weight is 408 g/mol. The lowest BCUT2D eigenvalue weighted by Crippen LogP contribution is -2.48. The van der Waals surface area contributed by atoms with Crippen molar-refractivity contribution in [2.75, 3.05) is 33.3 Å². The lowest BCUT2D eigenvalue weighted by Gasteiger charge is -2.34. The predicted molar refractivity (Wildman–Crippen MR) is 112 cm³/mol. The fourth-order valence-corrected chi connectivity index (χ4v) is 3.72. The highest BCUT2D eigenvalue weighted by Crippen LogP contribution is 2.22. The minimum atomic E-state index is -0.524. The van der Waals surface area contributed by atoms with Gasteiger partial charge in [0.25, 0.3) is 11.8 Å². The summed E-state index contributed by atoms with van der Waals surface area (Å²) >= 11 is 0. The van der Waals surface area contributed by atoms with Crippen LogP contribution in [-0.2, 0) is 6.54 Å². The standard InChI is InChI=1S/C22H24N4O4/c1-30-18-6-7-19-17(12-18)13-20(23-19)22(28)26-10-8-25(9-11-26)14-15-2-4-16(5-3-15)21(27)24-29/h2-7,12-13,23,29H,8-11,14H2,1H3,(H,24,27). The number of rotatable bonds is 5. The van der Waals surface area contributed by atoms with Gasteiger partial charge >= 0.3 is 0 Å². The molecule has 30 heavy (non-hydrogen) atoms. The van der Waals surface area contributed by atoms with E-state index in [9.17, 15) is 9.59 Å². The Morgan fingerprint density at radius 1 is 1.07 bits per heavy atom. The quantitative estimate of drug-likeness (QED) is 0.444. The number of piperazine rings is 1. The summed E-state index contributed by atoms with van der Waals surface area (Å²) in [5.41, 5.74) is 4.62. The molecule has 0 spiro atoms. The van der Waals surface area contributed by atoms with Crippen LogP contribution in [0.1, 0.15) is 26.4 Å². The molecule has 1 fully saturated rings. The Balaban J connectivity index is 1.35. The van der Waals surface area contributed by atoms with Gasteiger partial charge in [-0.3, -0.25) is 19.7 Å². The summed E-state index contributed by atoms with van der Waals surface area (Å²) in [6.07, 6.45) is 0. The maximum absolute atomic E-state index is 12.9. The first kappa shape index (κ1) is 19.9. The summed E-state index contributed by atoms with van der Waals surface area (Å²) in [6, 6.07) is 14.7. The number of hydrogen-bond donors (Lipinski definition) is 3. The zero-order chi connectivity index (χ0) is 21.1. The van der Waals surface area contributed by atoms with Gasteiger partial charge < -0.3 is 14.6 Å². The summed E-state index contributed by atoms with van der Waals surface area (Å²) < 4.78 is 5.25. The third-order valence-corrected chi connectivity index (χ3v) is 5.44. The van der Waals surface area contributed by atoms with E-state index in [1.165, 1.54) is 0 Å². The second-order valence-corrected chi connectivity index (χ2v) is 7.34. The van der Waals surface area contributed by atoms with Crippen LogP contribution < -0.4 is 10.2 Å². The Hall–Kier alpha value is -3.36. The fraction of sp³-hybridized carbons (Fsp3) is 0.273. The Morgan fingerprint density at radius 3 is 2.47 bits per heavy atom. The predicted octanol–water partition coefficient (Wildman–Crippen LogP) is 2.25. The number of carbonyl (C=O) groups excluding carboxylic acids is 2. The summed E-state index contributed by atoms with van der Waals surface area (Å²) in [7, 11) is 1.62. The van der Waals surface area contributed by atoms with Crippen LogP contribution in [0.15, 0.2) is 48.5 Å². The summed E-state index contributed by atoms with van der Waals surface area (Å²) in [4.78, 5) is 31.7. The van der Waals surface area contributed by atoms with Crippen LogP contribution in [-0.4, -0.2) is 65.1 Å². The smallest absolute Gasteiger partial charge is 0.274 e. The summed E-state index contributed by atoms with van der Waals surface area (Å²) in [6.45, 7) is 3.61. The second-order valence-electron chi connectivity index (χ2n) is 7.34. The molecule has 4 rings (SSSR count). The Bertz CT molecular complexity index is 1050. The topological polar surface area (TPSA) is 97.9 Å². The van der Waals surface area contributed by atoms with Gasteiger partial charge in [-0.1, -0.05) is 12.1 Å². The highest BCUT2D eigenvalue weighted by atomic mass is 16.5. The molecule has 3 aromatic rings. The van der Waals surface area contributed by atoms with Crippen molar-refractivity contribution in [3.63, 3.8) is 0 Å². The number of H-pyrrole nitrogens is 1. The number of aromatic nitrogens is 1. The second kappa shape index (κ2) is 8.56. The molecule has 2 heterocycles. The molecule has 156 valence electrons. The van der Waals surface area contributed by atoms with Crippen LogP contribution in [0.3, 0.4) is 0 Å². The number of hydroxylamine groups is 1. The molecule has 0 bridgehead atoms. The van der Waals surface area contributed by atoms with Crippen molar-refractivity contribution < 1.29 is 19.5 Å². The maximum atomic E-state index is 12.9. The molecule has 1 aliphatic heterocycles. The molecule has 0 aliphatic carbocycles. The van der Waals surface area contributed by atoms with Crippen molar-refractivity contribution in [3.05, 3.63) is 65.4 Å². The number of nitrogens with one attached hydrogen (secondary N) is 2. The van der Waals surface area contributed by atoms with E-state index in [-0.39, 0.29) is 5.91 Å². The van der Waals surface area contributed by atoms with Crippen molar-refractivity contribution >= 4 is 22.7 Å². The molecule has 1 aromatic heterocycles. The maximum Gasteiger partial charge on any atom is 0.274 e. The number of hydrogen-bond acceptors (Lipinski definition) is 5. The van der Waals surface area contributed by atoms with Crippen LogP contribution >= 0.6 is 0 Å². The number of aromatic amines is 1. The van der Waals surface area contributed by atoms with Gasteiger partial charge in [-0.2, -0.15) is 0 Å². The molecule has 2 amide bonds. The lowest BCUT2D eigenvalue weighted by molar-refractivity contribution is 0.0623. The molecule has 0 radical (unpaired) electrons. The van der Waals surface area contributed by atoms with Crippen LogP contribution in [0, 0.1) is 0 Å². The largest absolute Gasteiger partial charge is 0.497 e. The van der Waals surface area contributed by atoms with Gasteiger partial charge in [-0.15, -0.1) is 0 Å². The van der Waals surface area contributed by atoms with E-state index >= 15 is 0 Å². The minimum Gasteiger partial charge on any atom is -0.497 e. The first-order chi connectivity index (χ1) is 14.6. The van der Waals surface area contributed by atoms with Crippen LogP contribution in [0.5, 0.6) is 5.75 Å². The van der Waals surface area contributed by atoms with E-state index in [0.717, 1.165) is 41.9 Å². The molecule has 8 nitrogen and oxygen atoms in total. The van der Waals surface area contributed by atoms with Crippen molar-refractivity contribution in [2.45, 2.75) is 6.54 Å². The molecule has 0 unspecified atom stereocenters. The monoisotopic (exact) mass is 408 g/mol. The number of fused-ring (bicyclic) bond motifs is 1. The molecule has 8 heteroatoms. The van der Waals surface area contributed by atoms with Crippen LogP contribution in [0.4, 0.5) is 0 Å². The molecule has 2 aromatic carbocycles. The van der Waals surface area contributed by atoms with Gasteiger partial charge in [0.05, 0.1) is 7.11 Å². The molecule has 3 N–H and O–H groups in total. The number of benzene rings is 2. The number of carbonyl (C=O) groups is 2. The van der Waals surface area contributed by atoms with Gasteiger partial charge in [0.2, 0.25) is 0 Å². The minimum absolute atomic E-state index is 0.00388. The highest BCUT2D eigenvalue weighted by molar-refractivity contribution is 5.98. The van der Waals surface area contributed by atoms with Crippen molar-refractivity contribution in [1.29, 1.82) is 0 Å². The Kier molecular flexibility index (Phi) is 5.69. The number of methoxy groups -OCH3 is 1. The molecule has 1 aliphatic rings. The normalized spacial score (nSPS) is 14.7. The average Bonchev–Trinajstić information content (AvgIpc) is 3.22. The van der Waals surface area contributed by atoms with Crippen LogP contribution in [0.2, 0.25) is 0 Å². The molecular formula is C22H24N4O4. The number of nitrogens with zero attached hydrogens (tertiary/aromatic N) is 2. The van der Waals surface area contributed by atoms with Gasteiger partial charge in [0.15, 0.2) is 0 Å². The molecule has 0 atom stereocenters. The summed E-state index contributed by atoms with van der Waals surface area (Å²) in [5, 5.41) is 9.64. The van der Waals surface area contributed by atoms with E-state index in [0.29, 0.717) is 24.3 Å². The van der Waals surface area contributed by atoms with E-state index in [2.05, 4.69) is 9.88 Å². The summed E-state index contributed by atoms with van der Waals surface area (Å²) in [5.74, 6) is 0.243. The van der Waals surface area contributed by atoms with Gasteiger partial charge in [-0.25, -0.2) is 5.48 Å². The molecule has 1 saturated heterocycles. The van der Waals surface area contributed by atoms with E-state index < -0.39 is 5.91 Å². The van der Waals surface area contributed by atoms with Crippen molar-refractivity contribution in [2.24, 2.45) is 0 Å². The van der Waals surface area contributed by atoms with E-state index in [1.54, 1.807) is 24.7 Å². The van der Waals surface area contributed by atoms with Gasteiger partial charge in [0.1, 0.15) is 11.4 Å².